The molecule has 1 fully saturated rings. The van der Waals surface area contributed by atoms with Gasteiger partial charge in [0.15, 0.2) is 0 Å². The highest BCUT2D eigenvalue weighted by atomic mass is 16.5. The molecule has 2 amide bonds. The standard InChI is InChI=1S/C21H26N4O3/c1-21(2,3)24-20(27)16-6-4-15(5-7-16)19(26)23-18-9-8-17(14-22-18)25-10-12-28-13-11-25/h4-9,14H,10-13H2,1-3H3,(H,24,27)(H,22,23,26). The van der Waals surface area contributed by atoms with Crippen molar-refractivity contribution in [2.45, 2.75) is 26.3 Å². The highest BCUT2D eigenvalue weighted by Gasteiger charge is 2.16. The van der Waals surface area contributed by atoms with Crippen LogP contribution in [0.2, 0.25) is 0 Å². The Bertz CT molecular complexity index is 820. The second-order valence-electron chi connectivity index (χ2n) is 7.74. The van der Waals surface area contributed by atoms with Crippen molar-refractivity contribution in [2.24, 2.45) is 0 Å². The summed E-state index contributed by atoms with van der Waals surface area (Å²) in [5, 5.41) is 5.68. The molecule has 1 aromatic heterocycles. The number of anilines is 2. The SMILES string of the molecule is CC(C)(C)NC(=O)c1ccc(C(=O)Nc2ccc(N3CCOCC3)cn2)cc1. The van der Waals surface area contributed by atoms with Gasteiger partial charge in [0.25, 0.3) is 11.8 Å². The summed E-state index contributed by atoms with van der Waals surface area (Å²) in [6.07, 6.45) is 1.75. The average molecular weight is 382 g/mol. The van der Waals surface area contributed by atoms with E-state index >= 15 is 0 Å². The molecule has 28 heavy (non-hydrogen) atoms. The highest BCUT2D eigenvalue weighted by molar-refractivity contribution is 6.04. The van der Waals surface area contributed by atoms with Crippen LogP contribution in [0.15, 0.2) is 42.6 Å². The van der Waals surface area contributed by atoms with Gasteiger partial charge < -0.3 is 20.3 Å². The number of rotatable bonds is 4. The predicted octanol–water partition coefficient (Wildman–Crippen LogP) is 2.70. The van der Waals surface area contributed by atoms with Crippen LogP contribution in [-0.4, -0.2) is 48.6 Å². The van der Waals surface area contributed by atoms with Crippen molar-refractivity contribution < 1.29 is 14.3 Å². The molecule has 1 aromatic carbocycles. The molecular formula is C21H26N4O3. The second kappa shape index (κ2) is 8.39. The highest BCUT2D eigenvalue weighted by Crippen LogP contribution is 2.17. The molecule has 1 saturated heterocycles. The molecule has 1 aliphatic rings. The second-order valence-corrected chi connectivity index (χ2v) is 7.74. The molecule has 1 aliphatic heterocycles. The zero-order valence-corrected chi connectivity index (χ0v) is 16.5. The van der Waals surface area contributed by atoms with Crippen LogP contribution in [0, 0.1) is 0 Å². The molecule has 148 valence electrons. The van der Waals surface area contributed by atoms with Crippen LogP contribution in [0.4, 0.5) is 11.5 Å². The van der Waals surface area contributed by atoms with Gasteiger partial charge in [-0.25, -0.2) is 4.98 Å². The van der Waals surface area contributed by atoms with Gasteiger partial charge in [0.1, 0.15) is 5.82 Å². The van der Waals surface area contributed by atoms with E-state index in [-0.39, 0.29) is 17.4 Å². The molecule has 0 bridgehead atoms. The Balaban J connectivity index is 1.60. The summed E-state index contributed by atoms with van der Waals surface area (Å²) < 4.78 is 5.35. The van der Waals surface area contributed by atoms with E-state index in [0.29, 0.717) is 30.2 Å². The predicted molar refractivity (Wildman–Crippen MR) is 109 cm³/mol. The minimum absolute atomic E-state index is 0.167. The fourth-order valence-corrected chi connectivity index (χ4v) is 2.84. The van der Waals surface area contributed by atoms with Gasteiger partial charge in [-0.2, -0.15) is 0 Å². The lowest BCUT2D eigenvalue weighted by molar-refractivity contribution is 0.0918. The number of benzene rings is 1. The minimum Gasteiger partial charge on any atom is -0.378 e. The number of nitrogens with zero attached hydrogens (tertiary/aromatic N) is 2. The Hall–Kier alpha value is -2.93. The fraction of sp³-hybridized carbons (Fsp3) is 0.381. The van der Waals surface area contributed by atoms with E-state index in [1.165, 1.54) is 0 Å². The van der Waals surface area contributed by atoms with Crippen LogP contribution in [0.25, 0.3) is 0 Å². The molecule has 0 aliphatic carbocycles. The summed E-state index contributed by atoms with van der Waals surface area (Å²) in [4.78, 5) is 31.1. The summed E-state index contributed by atoms with van der Waals surface area (Å²) in [5.74, 6) is 0.0470. The van der Waals surface area contributed by atoms with E-state index in [1.807, 2.05) is 26.8 Å². The van der Waals surface area contributed by atoms with Crippen LogP contribution >= 0.6 is 0 Å². The van der Waals surface area contributed by atoms with E-state index in [1.54, 1.807) is 36.5 Å². The zero-order valence-electron chi connectivity index (χ0n) is 16.5. The number of pyridine rings is 1. The number of hydrogen-bond donors (Lipinski definition) is 2. The molecular weight excluding hydrogens is 356 g/mol. The normalized spacial score (nSPS) is 14.5. The summed E-state index contributed by atoms with van der Waals surface area (Å²) in [5.41, 5.74) is 1.67. The molecule has 0 spiro atoms. The summed E-state index contributed by atoms with van der Waals surface area (Å²) in [6.45, 7) is 8.85. The van der Waals surface area contributed by atoms with Crippen LogP contribution in [0.3, 0.4) is 0 Å². The van der Waals surface area contributed by atoms with Crippen molar-refractivity contribution in [1.29, 1.82) is 0 Å². The van der Waals surface area contributed by atoms with Crippen LogP contribution < -0.4 is 15.5 Å². The number of aromatic nitrogens is 1. The molecule has 0 radical (unpaired) electrons. The van der Waals surface area contributed by atoms with Crippen molar-refractivity contribution >= 4 is 23.3 Å². The Morgan fingerprint density at radius 1 is 0.964 bits per heavy atom. The number of carbonyl (C=O) groups is 2. The maximum absolute atomic E-state index is 12.4. The summed E-state index contributed by atoms with van der Waals surface area (Å²) >= 11 is 0. The van der Waals surface area contributed by atoms with Gasteiger partial charge in [0.05, 0.1) is 25.1 Å². The lowest BCUT2D eigenvalue weighted by Crippen LogP contribution is -2.40. The number of hydrogen-bond acceptors (Lipinski definition) is 5. The Labute approximate surface area is 165 Å². The van der Waals surface area contributed by atoms with E-state index in [9.17, 15) is 9.59 Å². The summed E-state index contributed by atoms with van der Waals surface area (Å²) in [6, 6.07) is 10.3. The van der Waals surface area contributed by atoms with Gasteiger partial charge in [0, 0.05) is 29.8 Å². The van der Waals surface area contributed by atoms with Gasteiger partial charge in [-0.15, -0.1) is 0 Å². The smallest absolute Gasteiger partial charge is 0.256 e. The quantitative estimate of drug-likeness (QED) is 0.849. The molecule has 2 aromatic rings. The van der Waals surface area contributed by atoms with E-state index in [4.69, 9.17) is 4.74 Å². The molecule has 7 heteroatoms. The number of nitrogens with one attached hydrogen (secondary N) is 2. The number of morpholine rings is 1. The zero-order chi connectivity index (χ0) is 20.1. The maximum atomic E-state index is 12.4. The van der Waals surface area contributed by atoms with E-state index < -0.39 is 0 Å². The number of amides is 2. The molecule has 2 N–H and O–H groups in total. The maximum Gasteiger partial charge on any atom is 0.256 e. The average Bonchev–Trinajstić information content (AvgIpc) is 2.68. The van der Waals surface area contributed by atoms with Crippen molar-refractivity contribution in [1.82, 2.24) is 10.3 Å². The van der Waals surface area contributed by atoms with Crippen molar-refractivity contribution in [3.05, 3.63) is 53.7 Å². The van der Waals surface area contributed by atoms with Crippen LogP contribution in [0.5, 0.6) is 0 Å². The van der Waals surface area contributed by atoms with Crippen molar-refractivity contribution in [3.8, 4) is 0 Å². The minimum atomic E-state index is -0.313. The molecule has 2 heterocycles. The third kappa shape index (κ3) is 5.29. The molecule has 0 saturated carbocycles. The lowest BCUT2D eigenvalue weighted by Gasteiger charge is -2.28. The number of ether oxygens (including phenoxy) is 1. The topological polar surface area (TPSA) is 83.6 Å². The first kappa shape index (κ1) is 19.8. The van der Waals surface area contributed by atoms with Crippen molar-refractivity contribution in [3.63, 3.8) is 0 Å². The first-order valence-corrected chi connectivity index (χ1v) is 9.34. The molecule has 3 rings (SSSR count). The lowest BCUT2D eigenvalue weighted by atomic mass is 10.1. The largest absolute Gasteiger partial charge is 0.378 e. The third-order valence-corrected chi connectivity index (χ3v) is 4.26. The van der Waals surface area contributed by atoms with E-state index in [2.05, 4.69) is 20.5 Å². The van der Waals surface area contributed by atoms with Crippen LogP contribution in [-0.2, 0) is 4.74 Å². The van der Waals surface area contributed by atoms with Crippen LogP contribution in [0.1, 0.15) is 41.5 Å². The summed E-state index contributed by atoms with van der Waals surface area (Å²) in [7, 11) is 0. The van der Waals surface area contributed by atoms with Gasteiger partial charge in [-0.1, -0.05) is 0 Å². The molecule has 7 nitrogen and oxygen atoms in total. The Morgan fingerprint density at radius 3 is 2.11 bits per heavy atom. The first-order valence-electron chi connectivity index (χ1n) is 9.34. The fourth-order valence-electron chi connectivity index (χ4n) is 2.84. The van der Waals surface area contributed by atoms with Crippen molar-refractivity contribution in [2.75, 3.05) is 36.5 Å². The monoisotopic (exact) mass is 382 g/mol. The van der Waals surface area contributed by atoms with E-state index in [0.717, 1.165) is 18.8 Å². The Kier molecular flexibility index (Phi) is 5.94. The molecule has 0 atom stereocenters. The number of carbonyl (C=O) groups excluding carboxylic acids is 2. The van der Waals surface area contributed by atoms with Gasteiger partial charge >= 0.3 is 0 Å². The Morgan fingerprint density at radius 2 is 1.57 bits per heavy atom. The first-order chi connectivity index (χ1) is 13.3. The van der Waals surface area contributed by atoms with Gasteiger partial charge in [0.2, 0.25) is 0 Å². The molecule has 0 unspecified atom stereocenters. The van der Waals surface area contributed by atoms with Gasteiger partial charge in [-0.3, -0.25) is 9.59 Å². The van der Waals surface area contributed by atoms with Gasteiger partial charge in [-0.05, 0) is 57.2 Å². The third-order valence-electron chi connectivity index (χ3n) is 4.26.